The second kappa shape index (κ2) is 5.84. The van der Waals surface area contributed by atoms with Crippen molar-refractivity contribution >= 4 is 80.6 Å². The molecule has 3 heteroatoms. The highest BCUT2D eigenvalue weighted by Gasteiger charge is 2.17. The highest BCUT2D eigenvalue weighted by Crippen LogP contribution is 2.41. The fraction of sp³-hybridized carbons (Fsp3) is 0. The summed E-state index contributed by atoms with van der Waals surface area (Å²) in [6.07, 6.45) is 0. The van der Waals surface area contributed by atoms with Crippen molar-refractivity contribution in [2.75, 3.05) is 0 Å². The number of hydrogen-bond acceptors (Lipinski definition) is 2. The van der Waals surface area contributed by atoms with Gasteiger partial charge in [-0.2, -0.15) is 0 Å². The van der Waals surface area contributed by atoms with Crippen LogP contribution in [0.1, 0.15) is 0 Å². The van der Waals surface area contributed by atoms with E-state index in [9.17, 15) is 0 Å². The van der Waals surface area contributed by atoms with Gasteiger partial charge in [0.25, 0.3) is 0 Å². The molecule has 0 N–H and O–H groups in total. The van der Waals surface area contributed by atoms with Gasteiger partial charge in [-0.05, 0) is 46.5 Å². The van der Waals surface area contributed by atoms with E-state index in [0.717, 1.165) is 16.7 Å². The average Bonchev–Trinajstić information content (AvgIpc) is 3.41. The monoisotopic (exact) mass is 424 g/mol. The number of benzene rings is 5. The minimum Gasteiger partial charge on any atom is -0.292 e. The molecule has 0 fully saturated rings. The maximum Gasteiger partial charge on any atom is 0.147 e. The SMILES string of the molecule is c1ccc2c(c1)ccc1c3cc4sc5ccccc5c4cc3n3c4ccccc4nc3c21. The molecule has 0 atom stereocenters. The molecule has 8 aromatic rings. The van der Waals surface area contributed by atoms with Crippen LogP contribution in [0.25, 0.3) is 69.3 Å². The van der Waals surface area contributed by atoms with Crippen molar-refractivity contribution in [1.29, 1.82) is 0 Å². The molecular formula is C29H16N2S. The van der Waals surface area contributed by atoms with Gasteiger partial charge in [0.1, 0.15) is 5.65 Å². The molecule has 3 heterocycles. The molecule has 0 bridgehead atoms. The van der Waals surface area contributed by atoms with Crippen molar-refractivity contribution in [3.8, 4) is 0 Å². The number of thiophene rings is 1. The topological polar surface area (TPSA) is 17.3 Å². The lowest BCUT2D eigenvalue weighted by atomic mass is 9.99. The first-order chi connectivity index (χ1) is 15.9. The fourth-order valence-corrected chi connectivity index (χ4v) is 6.46. The van der Waals surface area contributed by atoms with Crippen molar-refractivity contribution in [1.82, 2.24) is 9.38 Å². The van der Waals surface area contributed by atoms with Crippen LogP contribution in [0.5, 0.6) is 0 Å². The molecular weight excluding hydrogens is 408 g/mol. The third-order valence-corrected chi connectivity index (χ3v) is 7.87. The van der Waals surface area contributed by atoms with Crippen LogP contribution in [0, 0.1) is 0 Å². The highest BCUT2D eigenvalue weighted by molar-refractivity contribution is 7.25. The van der Waals surface area contributed by atoms with Gasteiger partial charge in [0.2, 0.25) is 0 Å². The summed E-state index contributed by atoms with van der Waals surface area (Å²) in [5.41, 5.74) is 4.43. The van der Waals surface area contributed by atoms with Crippen LogP contribution in [0.4, 0.5) is 0 Å². The molecule has 0 aliphatic carbocycles. The predicted octanol–water partition coefficient (Wildman–Crippen LogP) is 8.31. The Hall–Kier alpha value is -3.95. The number of hydrogen-bond donors (Lipinski definition) is 0. The Bertz CT molecular complexity index is 2040. The Labute approximate surface area is 186 Å². The Morgan fingerprint density at radius 3 is 2.34 bits per heavy atom. The first kappa shape index (κ1) is 16.7. The normalized spacial score (nSPS) is 12.4. The fourth-order valence-electron chi connectivity index (χ4n) is 5.34. The van der Waals surface area contributed by atoms with E-state index in [1.807, 2.05) is 11.3 Å². The van der Waals surface area contributed by atoms with Gasteiger partial charge < -0.3 is 0 Å². The molecule has 0 aliphatic heterocycles. The number of aromatic nitrogens is 2. The van der Waals surface area contributed by atoms with Crippen molar-refractivity contribution < 1.29 is 0 Å². The lowest BCUT2D eigenvalue weighted by Gasteiger charge is -2.12. The number of fused-ring (bicyclic) bond motifs is 13. The van der Waals surface area contributed by atoms with E-state index in [2.05, 4.69) is 101 Å². The van der Waals surface area contributed by atoms with E-state index < -0.39 is 0 Å². The van der Waals surface area contributed by atoms with Gasteiger partial charge in [0.15, 0.2) is 0 Å². The largest absolute Gasteiger partial charge is 0.292 e. The van der Waals surface area contributed by atoms with Gasteiger partial charge in [-0.1, -0.05) is 66.7 Å². The Morgan fingerprint density at radius 2 is 1.38 bits per heavy atom. The minimum absolute atomic E-state index is 1.03. The van der Waals surface area contributed by atoms with Gasteiger partial charge in [-0.25, -0.2) is 4.98 Å². The van der Waals surface area contributed by atoms with Gasteiger partial charge in [0.05, 0.1) is 16.6 Å². The number of nitrogens with zero attached hydrogens (tertiary/aromatic N) is 2. The van der Waals surface area contributed by atoms with Crippen LogP contribution in [0.3, 0.4) is 0 Å². The van der Waals surface area contributed by atoms with Crippen LogP contribution in [0.2, 0.25) is 0 Å². The Kier molecular flexibility index (Phi) is 3.05. The van der Waals surface area contributed by atoms with Gasteiger partial charge in [0, 0.05) is 30.9 Å². The van der Waals surface area contributed by atoms with E-state index in [-0.39, 0.29) is 0 Å². The van der Waals surface area contributed by atoms with Crippen LogP contribution in [-0.4, -0.2) is 9.38 Å². The number of imidazole rings is 1. The van der Waals surface area contributed by atoms with E-state index >= 15 is 0 Å². The summed E-state index contributed by atoms with van der Waals surface area (Å²) in [6.45, 7) is 0. The summed E-state index contributed by atoms with van der Waals surface area (Å²) < 4.78 is 5.03. The summed E-state index contributed by atoms with van der Waals surface area (Å²) in [5, 5.41) is 8.91. The summed E-state index contributed by atoms with van der Waals surface area (Å²) in [6, 6.07) is 35.1. The van der Waals surface area contributed by atoms with E-state index in [0.29, 0.717) is 0 Å². The molecule has 0 spiro atoms. The van der Waals surface area contributed by atoms with Gasteiger partial charge >= 0.3 is 0 Å². The minimum atomic E-state index is 1.03. The van der Waals surface area contributed by atoms with E-state index in [4.69, 9.17) is 4.98 Å². The number of pyridine rings is 1. The summed E-state index contributed by atoms with van der Waals surface area (Å²) in [7, 11) is 0. The molecule has 0 amide bonds. The molecule has 8 rings (SSSR count). The van der Waals surface area contributed by atoms with Crippen LogP contribution in [0.15, 0.2) is 97.1 Å². The number of para-hydroxylation sites is 2. The third-order valence-electron chi connectivity index (χ3n) is 6.74. The molecule has 0 saturated heterocycles. The van der Waals surface area contributed by atoms with Crippen molar-refractivity contribution in [2.24, 2.45) is 0 Å². The van der Waals surface area contributed by atoms with Crippen LogP contribution >= 0.6 is 11.3 Å². The van der Waals surface area contributed by atoms with Gasteiger partial charge in [-0.3, -0.25) is 4.40 Å². The Balaban J connectivity index is 1.75. The second-order valence-electron chi connectivity index (χ2n) is 8.43. The molecule has 0 radical (unpaired) electrons. The lowest BCUT2D eigenvalue weighted by molar-refractivity contribution is 1.32. The second-order valence-corrected chi connectivity index (χ2v) is 9.52. The average molecular weight is 425 g/mol. The molecule has 32 heavy (non-hydrogen) atoms. The standard InChI is InChI=1S/C29H16N2S/c1-2-8-18-17(7-1)13-14-20-21-16-27-22(19-9-3-6-12-26(19)32-27)15-25(21)31-24-11-5-4-10-23(24)30-29(31)28(18)20/h1-16H. The summed E-state index contributed by atoms with van der Waals surface area (Å²) in [5.74, 6) is 0. The maximum absolute atomic E-state index is 5.14. The van der Waals surface area contributed by atoms with E-state index in [1.165, 1.54) is 52.6 Å². The van der Waals surface area contributed by atoms with Crippen LogP contribution < -0.4 is 0 Å². The molecule has 148 valence electrons. The molecule has 0 aliphatic rings. The molecule has 2 nitrogen and oxygen atoms in total. The highest BCUT2D eigenvalue weighted by atomic mass is 32.1. The molecule has 5 aromatic carbocycles. The Morgan fingerprint density at radius 1 is 0.562 bits per heavy atom. The maximum atomic E-state index is 5.14. The molecule has 0 saturated carbocycles. The first-order valence-corrected chi connectivity index (χ1v) is 11.6. The zero-order valence-electron chi connectivity index (χ0n) is 17.0. The summed E-state index contributed by atoms with van der Waals surface area (Å²) >= 11 is 1.87. The smallest absolute Gasteiger partial charge is 0.147 e. The summed E-state index contributed by atoms with van der Waals surface area (Å²) in [4.78, 5) is 5.14. The van der Waals surface area contributed by atoms with Crippen molar-refractivity contribution in [2.45, 2.75) is 0 Å². The van der Waals surface area contributed by atoms with Gasteiger partial charge in [-0.15, -0.1) is 11.3 Å². The van der Waals surface area contributed by atoms with Crippen molar-refractivity contribution in [3.05, 3.63) is 97.1 Å². The molecule has 0 unspecified atom stereocenters. The van der Waals surface area contributed by atoms with Crippen LogP contribution in [-0.2, 0) is 0 Å². The molecule has 3 aromatic heterocycles. The predicted molar refractivity (Wildman–Crippen MR) is 138 cm³/mol. The zero-order valence-corrected chi connectivity index (χ0v) is 17.9. The third kappa shape index (κ3) is 2.02. The quantitative estimate of drug-likeness (QED) is 0.224. The zero-order chi connectivity index (χ0) is 20.8. The first-order valence-electron chi connectivity index (χ1n) is 10.8. The number of rotatable bonds is 0. The van der Waals surface area contributed by atoms with Crippen molar-refractivity contribution in [3.63, 3.8) is 0 Å². The van der Waals surface area contributed by atoms with E-state index in [1.54, 1.807) is 0 Å². The lowest BCUT2D eigenvalue weighted by Crippen LogP contribution is -1.92.